The zero-order valence-corrected chi connectivity index (χ0v) is 24.1. The summed E-state index contributed by atoms with van der Waals surface area (Å²) in [5.41, 5.74) is -0.115. The van der Waals surface area contributed by atoms with Gasteiger partial charge in [-0.05, 0) is 87.2 Å². The lowest BCUT2D eigenvalue weighted by Gasteiger charge is -2.59. The number of pyridine rings is 1. The van der Waals surface area contributed by atoms with Crippen molar-refractivity contribution in [3.63, 3.8) is 0 Å². The number of alkyl halides is 2. The number of amides is 1. The predicted molar refractivity (Wildman–Crippen MR) is 149 cm³/mol. The van der Waals surface area contributed by atoms with Gasteiger partial charge in [0, 0.05) is 24.4 Å². The summed E-state index contributed by atoms with van der Waals surface area (Å²) in [6.07, 6.45) is 11.1. The number of carbonyl (C=O) groups excluding carboxylic acids is 2. The summed E-state index contributed by atoms with van der Waals surface area (Å²) in [5.74, 6) is 1.55. The van der Waals surface area contributed by atoms with Gasteiger partial charge in [-0.25, -0.2) is 4.98 Å². The van der Waals surface area contributed by atoms with Crippen molar-refractivity contribution in [2.75, 3.05) is 25.1 Å². The van der Waals surface area contributed by atoms with Gasteiger partial charge in [0.05, 0.1) is 24.7 Å². The van der Waals surface area contributed by atoms with Gasteiger partial charge < -0.3 is 19.7 Å². The van der Waals surface area contributed by atoms with Crippen LogP contribution in [0.5, 0.6) is 0 Å². The summed E-state index contributed by atoms with van der Waals surface area (Å²) in [5, 5.41) is 4.57. The smallest absolute Gasteiger partial charge is 0.345 e. The number of methoxy groups -OCH3 is 1. The monoisotopic (exact) mass is 577 g/mol. The Morgan fingerprint density at radius 3 is 2.58 bits per heavy atom. The molecule has 4 bridgehead atoms. The van der Waals surface area contributed by atoms with Crippen molar-refractivity contribution in [2.45, 2.75) is 106 Å². The van der Waals surface area contributed by atoms with Gasteiger partial charge in [0.25, 0.3) is 5.91 Å². The maximum atomic E-state index is 13.8. The Labute approximate surface area is 239 Å². The highest BCUT2D eigenvalue weighted by Crippen LogP contribution is 2.57. The highest BCUT2D eigenvalue weighted by atomic mass is 32.2. The van der Waals surface area contributed by atoms with E-state index in [1.807, 2.05) is 12.1 Å². The standard InChI is InChI=1S/C30H41F2N3O4S/c1-38-25(36)13-18-9-10-35(17-18)24-8-7-23(28(33-24)40-22-5-3-2-4-6-22)27(37)34-26-20-11-19-12-21(26)16-30(14-19,15-20)39-29(31)32/h7-8,18-22,26,29H,2-6,9-17H2,1H3,(H,34,37). The molecule has 6 aliphatic rings. The molecule has 40 heavy (non-hydrogen) atoms. The fourth-order valence-electron chi connectivity index (χ4n) is 8.48. The van der Waals surface area contributed by atoms with Crippen LogP contribution < -0.4 is 10.2 Å². The van der Waals surface area contributed by atoms with Crippen LogP contribution >= 0.6 is 11.8 Å². The predicted octanol–water partition coefficient (Wildman–Crippen LogP) is 5.81. The lowest BCUT2D eigenvalue weighted by atomic mass is 9.52. The van der Waals surface area contributed by atoms with Crippen LogP contribution in [0.15, 0.2) is 17.2 Å². The number of hydrogen-bond donors (Lipinski definition) is 1. The number of carbonyl (C=O) groups is 2. The van der Waals surface area contributed by atoms with Gasteiger partial charge in [-0.2, -0.15) is 8.78 Å². The largest absolute Gasteiger partial charge is 0.469 e. The maximum absolute atomic E-state index is 13.8. The fraction of sp³-hybridized carbons (Fsp3) is 0.767. The molecule has 1 N–H and O–H groups in total. The topological polar surface area (TPSA) is 80.8 Å². The molecule has 3 atom stereocenters. The number of nitrogens with one attached hydrogen (secondary N) is 1. The molecule has 7 nitrogen and oxygen atoms in total. The average Bonchev–Trinajstić information content (AvgIpc) is 3.38. The van der Waals surface area contributed by atoms with Crippen molar-refractivity contribution in [3.05, 3.63) is 17.7 Å². The Bertz CT molecular complexity index is 1080. The van der Waals surface area contributed by atoms with Crippen molar-refractivity contribution in [1.29, 1.82) is 0 Å². The van der Waals surface area contributed by atoms with Crippen LogP contribution in [-0.2, 0) is 14.3 Å². The van der Waals surface area contributed by atoms with Gasteiger partial charge in [-0.1, -0.05) is 19.3 Å². The van der Waals surface area contributed by atoms with E-state index in [9.17, 15) is 18.4 Å². The molecular formula is C30H41F2N3O4S. The van der Waals surface area contributed by atoms with Crippen molar-refractivity contribution < 1.29 is 27.8 Å². The zero-order valence-electron chi connectivity index (χ0n) is 23.3. The second-order valence-corrected chi connectivity index (χ2v) is 14.1. The molecule has 0 radical (unpaired) electrons. The summed E-state index contributed by atoms with van der Waals surface area (Å²) in [6, 6.07) is 3.83. The quantitative estimate of drug-likeness (QED) is 0.371. The highest BCUT2D eigenvalue weighted by molar-refractivity contribution is 7.99. The van der Waals surface area contributed by atoms with Crippen molar-refractivity contribution >= 4 is 29.5 Å². The minimum Gasteiger partial charge on any atom is -0.469 e. The van der Waals surface area contributed by atoms with Crippen LogP contribution in [0.4, 0.5) is 14.6 Å². The number of esters is 1. The molecule has 1 saturated heterocycles. The Morgan fingerprint density at radius 1 is 1.12 bits per heavy atom. The Morgan fingerprint density at radius 2 is 1.88 bits per heavy atom. The summed E-state index contributed by atoms with van der Waals surface area (Å²) in [7, 11) is 1.42. The lowest BCUT2D eigenvalue weighted by molar-refractivity contribution is -0.260. The number of nitrogens with zero attached hydrogens (tertiary/aromatic N) is 2. The van der Waals surface area contributed by atoms with E-state index < -0.39 is 12.2 Å². The molecule has 5 saturated carbocycles. The number of halogens is 2. The van der Waals surface area contributed by atoms with E-state index >= 15 is 0 Å². The summed E-state index contributed by atoms with van der Waals surface area (Å²) >= 11 is 1.73. The number of anilines is 1. The molecule has 10 heteroatoms. The minimum absolute atomic E-state index is 0.0108. The fourth-order valence-corrected chi connectivity index (χ4v) is 9.80. The normalized spacial score (nSPS) is 33.5. The molecule has 5 aliphatic carbocycles. The lowest BCUT2D eigenvalue weighted by Crippen LogP contribution is -2.62. The average molecular weight is 578 g/mol. The van der Waals surface area contributed by atoms with Crippen LogP contribution in [0.25, 0.3) is 0 Å². The SMILES string of the molecule is COC(=O)CC1CCN(c2ccc(C(=O)NC3C4CC5CC3CC(OC(F)F)(C5)C4)c(SC3CCCCC3)n2)C1. The molecule has 1 amide bonds. The first-order valence-corrected chi connectivity index (χ1v) is 15.9. The van der Waals surface area contributed by atoms with Crippen LogP contribution in [-0.4, -0.2) is 60.6 Å². The molecular weight excluding hydrogens is 536 g/mol. The summed E-state index contributed by atoms with van der Waals surface area (Å²) in [4.78, 5) is 32.8. The number of aromatic nitrogens is 1. The first-order chi connectivity index (χ1) is 19.3. The van der Waals surface area contributed by atoms with Gasteiger partial charge >= 0.3 is 12.6 Å². The Balaban J connectivity index is 1.19. The van der Waals surface area contributed by atoms with E-state index in [0.717, 1.165) is 62.5 Å². The summed E-state index contributed by atoms with van der Waals surface area (Å²) < 4.78 is 36.5. The summed E-state index contributed by atoms with van der Waals surface area (Å²) in [6.45, 7) is -1.18. The molecule has 1 aromatic rings. The van der Waals surface area contributed by atoms with Crippen LogP contribution in [0.3, 0.4) is 0 Å². The minimum atomic E-state index is -2.75. The molecule has 7 rings (SSSR count). The van der Waals surface area contributed by atoms with Crippen molar-refractivity contribution in [1.82, 2.24) is 10.3 Å². The van der Waals surface area contributed by atoms with Gasteiger partial charge in [0.1, 0.15) is 10.8 Å². The van der Waals surface area contributed by atoms with Crippen molar-refractivity contribution in [2.24, 2.45) is 23.7 Å². The van der Waals surface area contributed by atoms with E-state index in [-0.39, 0.29) is 35.7 Å². The van der Waals surface area contributed by atoms with Crippen LogP contribution in [0.1, 0.15) is 87.4 Å². The van der Waals surface area contributed by atoms with Crippen LogP contribution in [0.2, 0.25) is 0 Å². The molecule has 3 unspecified atom stereocenters. The highest BCUT2D eigenvalue weighted by Gasteiger charge is 2.57. The number of ether oxygens (including phenoxy) is 2. The van der Waals surface area contributed by atoms with E-state index in [0.29, 0.717) is 36.0 Å². The third-order valence-electron chi connectivity index (χ3n) is 10.1. The number of rotatable bonds is 9. The van der Waals surface area contributed by atoms with E-state index in [1.54, 1.807) is 11.8 Å². The second-order valence-electron chi connectivity index (χ2n) is 12.8. The van der Waals surface area contributed by atoms with E-state index in [4.69, 9.17) is 14.5 Å². The maximum Gasteiger partial charge on any atom is 0.345 e. The number of hydrogen-bond acceptors (Lipinski definition) is 7. The van der Waals surface area contributed by atoms with Gasteiger partial charge in [-0.3, -0.25) is 9.59 Å². The number of thioether (sulfide) groups is 1. The van der Waals surface area contributed by atoms with Gasteiger partial charge in [0.2, 0.25) is 0 Å². The molecule has 1 aromatic heterocycles. The Hall–Kier alpha value is -1.94. The molecule has 6 fully saturated rings. The first-order valence-electron chi connectivity index (χ1n) is 15.1. The zero-order chi connectivity index (χ0) is 27.9. The van der Waals surface area contributed by atoms with Gasteiger partial charge in [0.15, 0.2) is 0 Å². The van der Waals surface area contributed by atoms with Gasteiger partial charge in [-0.15, -0.1) is 11.8 Å². The second kappa shape index (κ2) is 11.7. The molecule has 220 valence electrons. The van der Waals surface area contributed by atoms with Crippen LogP contribution in [0, 0.1) is 23.7 Å². The Kier molecular flexibility index (Phi) is 8.28. The molecule has 1 aliphatic heterocycles. The molecule has 2 heterocycles. The third-order valence-corrected chi connectivity index (χ3v) is 11.4. The third kappa shape index (κ3) is 5.98. The van der Waals surface area contributed by atoms with E-state index in [1.165, 1.54) is 26.4 Å². The molecule has 0 aromatic carbocycles. The molecule has 0 spiro atoms. The van der Waals surface area contributed by atoms with Crippen molar-refractivity contribution in [3.8, 4) is 0 Å². The first kappa shape index (κ1) is 28.2. The van der Waals surface area contributed by atoms with E-state index in [2.05, 4.69) is 10.2 Å².